The van der Waals surface area contributed by atoms with Crippen molar-refractivity contribution in [2.75, 3.05) is 10.6 Å². The Morgan fingerprint density at radius 3 is 1.92 bits per heavy atom. The second-order valence-electron chi connectivity index (χ2n) is 5.86. The number of aromatic nitrogens is 2. The van der Waals surface area contributed by atoms with Crippen molar-refractivity contribution in [2.24, 2.45) is 11.8 Å². The van der Waals surface area contributed by atoms with Crippen molar-refractivity contribution >= 4 is 39.4 Å². The summed E-state index contributed by atoms with van der Waals surface area (Å²) in [4.78, 5) is 30.4. The normalized spacial score (nSPS) is 10.0. The molecule has 0 saturated carbocycles. The number of nitrogens with one attached hydrogen (secondary N) is 2. The molecule has 0 aliphatic heterocycles. The molecule has 2 N–H and O–H groups in total. The largest absolute Gasteiger partial charge is 0.310 e. The Labute approximate surface area is 156 Å². The first-order chi connectivity index (χ1) is 11.8. The summed E-state index contributed by atoms with van der Waals surface area (Å²) in [5.74, 6) is 1.12. The van der Waals surface area contributed by atoms with Crippen molar-refractivity contribution in [2.45, 2.75) is 27.7 Å². The summed E-state index contributed by atoms with van der Waals surface area (Å²) in [5.41, 5.74) is 0. The zero-order valence-electron chi connectivity index (χ0n) is 14.8. The molecule has 7 heteroatoms. The van der Waals surface area contributed by atoms with Gasteiger partial charge in [0, 0.05) is 28.7 Å². The molecule has 0 bridgehead atoms. The molecule has 2 amide bonds. The average Bonchev–Trinajstić information content (AvgIpc) is 2.56. The summed E-state index contributed by atoms with van der Waals surface area (Å²) in [6.45, 7) is 7.37. The van der Waals surface area contributed by atoms with Gasteiger partial charge in [0.2, 0.25) is 11.8 Å². The van der Waals surface area contributed by atoms with Gasteiger partial charge < -0.3 is 10.6 Å². The highest BCUT2D eigenvalue weighted by Gasteiger charge is 2.07. The van der Waals surface area contributed by atoms with Gasteiger partial charge in [-0.25, -0.2) is 9.97 Å². The lowest BCUT2D eigenvalue weighted by Crippen LogP contribution is -2.18. The van der Waals surface area contributed by atoms with E-state index in [-0.39, 0.29) is 23.7 Å². The molecular formula is C18H23BrN4O2. The minimum atomic E-state index is -0.0271. The fraction of sp³-hybridized carbons (Fsp3) is 0.333. The summed E-state index contributed by atoms with van der Waals surface area (Å²) in [5, 5.41) is 5.39. The Balaban J connectivity index is 0.000000251. The third-order valence-electron chi connectivity index (χ3n) is 2.94. The van der Waals surface area contributed by atoms with Crippen LogP contribution in [0, 0.1) is 11.8 Å². The molecule has 2 heterocycles. The van der Waals surface area contributed by atoms with Gasteiger partial charge in [-0.15, -0.1) is 0 Å². The van der Waals surface area contributed by atoms with Gasteiger partial charge in [-0.1, -0.05) is 49.7 Å². The van der Waals surface area contributed by atoms with Gasteiger partial charge in [-0.2, -0.15) is 0 Å². The SMILES string of the molecule is CC(C)C(=O)Nc1cc(Br)ccn1.CC(C)C(=O)Nc1ccccn1. The van der Waals surface area contributed by atoms with E-state index in [4.69, 9.17) is 0 Å². The van der Waals surface area contributed by atoms with E-state index in [9.17, 15) is 9.59 Å². The Bertz CT molecular complexity index is 690. The smallest absolute Gasteiger partial charge is 0.228 e. The predicted molar refractivity (Wildman–Crippen MR) is 103 cm³/mol. The molecular weight excluding hydrogens is 384 g/mol. The number of carbonyl (C=O) groups is 2. The van der Waals surface area contributed by atoms with Crippen LogP contribution in [0.1, 0.15) is 27.7 Å². The van der Waals surface area contributed by atoms with E-state index < -0.39 is 0 Å². The number of hydrogen-bond acceptors (Lipinski definition) is 4. The minimum Gasteiger partial charge on any atom is -0.310 e. The van der Waals surface area contributed by atoms with Crippen molar-refractivity contribution in [1.82, 2.24) is 9.97 Å². The van der Waals surface area contributed by atoms with Crippen LogP contribution in [-0.4, -0.2) is 21.8 Å². The van der Waals surface area contributed by atoms with E-state index in [2.05, 4.69) is 36.5 Å². The topological polar surface area (TPSA) is 84.0 Å². The summed E-state index contributed by atoms with van der Waals surface area (Å²) >= 11 is 3.30. The van der Waals surface area contributed by atoms with Crippen molar-refractivity contribution in [3.8, 4) is 0 Å². The molecule has 6 nitrogen and oxygen atoms in total. The summed E-state index contributed by atoms with van der Waals surface area (Å²) in [6, 6.07) is 8.99. The van der Waals surface area contributed by atoms with Gasteiger partial charge in [0.15, 0.2) is 0 Å². The third kappa shape index (κ3) is 8.39. The first-order valence-corrected chi connectivity index (χ1v) is 8.73. The van der Waals surface area contributed by atoms with Gasteiger partial charge >= 0.3 is 0 Å². The van der Waals surface area contributed by atoms with E-state index in [1.165, 1.54) is 0 Å². The second-order valence-corrected chi connectivity index (χ2v) is 6.78. The molecule has 2 rings (SSSR count). The Kier molecular flexibility index (Phi) is 8.77. The van der Waals surface area contributed by atoms with Crippen molar-refractivity contribution < 1.29 is 9.59 Å². The van der Waals surface area contributed by atoms with Crippen LogP contribution in [0.4, 0.5) is 11.6 Å². The maximum atomic E-state index is 11.3. The molecule has 0 spiro atoms. The minimum absolute atomic E-state index is 0.00583. The lowest BCUT2D eigenvalue weighted by Gasteiger charge is -2.06. The number of nitrogens with zero attached hydrogens (tertiary/aromatic N) is 2. The van der Waals surface area contributed by atoms with Crippen LogP contribution < -0.4 is 10.6 Å². The number of pyridine rings is 2. The molecule has 134 valence electrons. The summed E-state index contributed by atoms with van der Waals surface area (Å²) < 4.78 is 0.904. The molecule has 0 aliphatic carbocycles. The lowest BCUT2D eigenvalue weighted by atomic mass is 10.2. The molecule has 0 atom stereocenters. The van der Waals surface area contributed by atoms with Crippen LogP contribution in [0.3, 0.4) is 0 Å². The third-order valence-corrected chi connectivity index (χ3v) is 3.43. The van der Waals surface area contributed by atoms with Crippen LogP contribution in [0.5, 0.6) is 0 Å². The van der Waals surface area contributed by atoms with Crippen molar-refractivity contribution in [1.29, 1.82) is 0 Å². The molecule has 0 radical (unpaired) electrons. The van der Waals surface area contributed by atoms with Gasteiger partial charge in [0.25, 0.3) is 0 Å². The summed E-state index contributed by atoms with van der Waals surface area (Å²) in [7, 11) is 0. The van der Waals surface area contributed by atoms with E-state index in [1.54, 1.807) is 24.5 Å². The Morgan fingerprint density at radius 2 is 1.44 bits per heavy atom. The maximum absolute atomic E-state index is 11.3. The first kappa shape index (κ1) is 20.8. The van der Waals surface area contributed by atoms with Crippen LogP contribution in [0.15, 0.2) is 47.2 Å². The Hall–Kier alpha value is -2.28. The fourth-order valence-corrected chi connectivity index (χ4v) is 1.79. The highest BCUT2D eigenvalue weighted by molar-refractivity contribution is 9.10. The molecule has 2 aromatic rings. The number of anilines is 2. The van der Waals surface area contributed by atoms with E-state index >= 15 is 0 Å². The zero-order valence-corrected chi connectivity index (χ0v) is 16.4. The van der Waals surface area contributed by atoms with Crippen LogP contribution in [0.2, 0.25) is 0 Å². The first-order valence-electron chi connectivity index (χ1n) is 7.94. The van der Waals surface area contributed by atoms with Crippen LogP contribution in [0.25, 0.3) is 0 Å². The number of carbonyl (C=O) groups excluding carboxylic acids is 2. The molecule has 0 aliphatic rings. The molecule has 25 heavy (non-hydrogen) atoms. The van der Waals surface area contributed by atoms with Crippen LogP contribution in [-0.2, 0) is 9.59 Å². The predicted octanol–water partition coefficient (Wildman–Crippen LogP) is 4.11. The summed E-state index contributed by atoms with van der Waals surface area (Å²) in [6.07, 6.45) is 3.29. The molecule has 0 unspecified atom stereocenters. The van der Waals surface area contributed by atoms with Gasteiger partial charge in [0.05, 0.1) is 0 Å². The highest BCUT2D eigenvalue weighted by atomic mass is 79.9. The van der Waals surface area contributed by atoms with Crippen molar-refractivity contribution in [3.05, 3.63) is 47.2 Å². The van der Waals surface area contributed by atoms with E-state index in [1.807, 2.05) is 45.9 Å². The van der Waals surface area contributed by atoms with Gasteiger partial charge in [0.1, 0.15) is 11.6 Å². The fourth-order valence-electron chi connectivity index (χ4n) is 1.45. The van der Waals surface area contributed by atoms with Crippen LogP contribution >= 0.6 is 15.9 Å². The molecule has 0 fully saturated rings. The van der Waals surface area contributed by atoms with E-state index in [0.717, 1.165) is 4.47 Å². The molecule has 0 saturated heterocycles. The maximum Gasteiger partial charge on any atom is 0.228 e. The quantitative estimate of drug-likeness (QED) is 0.799. The molecule has 2 aromatic heterocycles. The van der Waals surface area contributed by atoms with Gasteiger partial charge in [-0.3, -0.25) is 9.59 Å². The monoisotopic (exact) mass is 406 g/mol. The Morgan fingerprint density at radius 1 is 0.880 bits per heavy atom. The van der Waals surface area contributed by atoms with E-state index in [0.29, 0.717) is 11.6 Å². The standard InChI is InChI=1S/C9H11BrN2O.C9H12N2O/c1-6(2)9(13)12-8-5-7(10)3-4-11-8;1-7(2)9(12)11-8-5-3-4-6-10-8/h3-6H,1-2H3,(H,11,12,13);3-7H,1-2H3,(H,10,11,12). The number of rotatable bonds is 4. The zero-order chi connectivity index (χ0) is 18.8. The molecule has 0 aromatic carbocycles. The number of amides is 2. The number of halogens is 1. The lowest BCUT2D eigenvalue weighted by molar-refractivity contribution is -0.119. The van der Waals surface area contributed by atoms with Crippen molar-refractivity contribution in [3.63, 3.8) is 0 Å². The average molecular weight is 407 g/mol. The number of hydrogen-bond donors (Lipinski definition) is 2. The highest BCUT2D eigenvalue weighted by Crippen LogP contribution is 2.13. The van der Waals surface area contributed by atoms with Gasteiger partial charge in [-0.05, 0) is 24.3 Å². The second kappa shape index (κ2) is 10.6.